The third kappa shape index (κ3) is 3.67. The van der Waals surface area contributed by atoms with Crippen LogP contribution in [-0.2, 0) is 4.74 Å². The van der Waals surface area contributed by atoms with Gasteiger partial charge in [-0.2, -0.15) is 5.26 Å². The number of nitrogens with zero attached hydrogens (tertiary/aromatic N) is 3. The molecule has 0 bridgehead atoms. The second kappa shape index (κ2) is 8.16. The van der Waals surface area contributed by atoms with Crippen LogP contribution in [0.25, 0.3) is 28.4 Å². The molecule has 0 aliphatic heterocycles. The number of methoxy groups -OCH3 is 1. The fourth-order valence-corrected chi connectivity index (χ4v) is 3.82. The molecule has 0 saturated heterocycles. The molecule has 0 spiro atoms. The lowest BCUT2D eigenvalue weighted by Gasteiger charge is -2.14. The minimum absolute atomic E-state index is 0.335. The monoisotopic (exact) mass is 428 g/mol. The highest BCUT2D eigenvalue weighted by atomic mass is 19.1. The number of carbonyl (C=O) groups excluding carboxylic acids is 1. The van der Waals surface area contributed by atoms with Gasteiger partial charge in [0, 0.05) is 17.1 Å². The van der Waals surface area contributed by atoms with Gasteiger partial charge in [0.2, 0.25) is 0 Å². The van der Waals surface area contributed by atoms with Gasteiger partial charge in [-0.15, -0.1) is 0 Å². The molecule has 0 aliphatic rings. The van der Waals surface area contributed by atoms with Gasteiger partial charge in [-0.05, 0) is 74.4 Å². The average molecular weight is 428 g/mol. The number of hydrogen-bond acceptors (Lipinski definition) is 4. The average Bonchev–Trinajstić information content (AvgIpc) is 3.31. The highest BCUT2D eigenvalue weighted by Crippen LogP contribution is 2.27. The van der Waals surface area contributed by atoms with Gasteiger partial charge in [0.1, 0.15) is 17.7 Å². The molecule has 2 aromatic heterocycles. The number of ether oxygens (including phenoxy) is 1. The summed E-state index contributed by atoms with van der Waals surface area (Å²) < 4.78 is 20.4. The van der Waals surface area contributed by atoms with E-state index in [-0.39, 0.29) is 5.82 Å². The van der Waals surface area contributed by atoms with E-state index in [2.05, 4.69) is 16.0 Å². The molecule has 0 atom stereocenters. The number of aromatic amines is 1. The van der Waals surface area contributed by atoms with Crippen molar-refractivity contribution in [3.8, 4) is 11.8 Å². The van der Waals surface area contributed by atoms with Gasteiger partial charge in [-0.3, -0.25) is 0 Å². The molecule has 7 heteroatoms. The minimum Gasteiger partial charge on any atom is -0.465 e. The van der Waals surface area contributed by atoms with E-state index < -0.39 is 5.97 Å². The Morgan fingerprint density at radius 3 is 2.69 bits per heavy atom. The fourth-order valence-electron chi connectivity index (χ4n) is 3.82. The van der Waals surface area contributed by atoms with Crippen molar-refractivity contribution < 1.29 is 13.9 Å². The van der Waals surface area contributed by atoms with Crippen LogP contribution in [0.5, 0.6) is 0 Å². The van der Waals surface area contributed by atoms with E-state index in [4.69, 9.17) is 4.74 Å². The quantitative estimate of drug-likeness (QED) is 0.355. The molecule has 160 valence electrons. The molecule has 0 unspecified atom stereocenters. The van der Waals surface area contributed by atoms with Crippen molar-refractivity contribution in [2.24, 2.45) is 0 Å². The number of benzene rings is 2. The minimum atomic E-state index is -0.401. The lowest BCUT2D eigenvalue weighted by molar-refractivity contribution is 0.0600. The molecule has 6 nitrogen and oxygen atoms in total. The number of halogens is 1. The summed E-state index contributed by atoms with van der Waals surface area (Å²) in [6.45, 7) is 5.88. The van der Waals surface area contributed by atoms with Crippen molar-refractivity contribution in [2.75, 3.05) is 7.11 Å². The summed E-state index contributed by atoms with van der Waals surface area (Å²) in [5, 5.41) is 9.76. The number of esters is 1. The molecule has 0 aliphatic carbocycles. The van der Waals surface area contributed by atoms with Crippen molar-refractivity contribution in [3.05, 3.63) is 82.2 Å². The van der Waals surface area contributed by atoms with E-state index in [0.29, 0.717) is 28.0 Å². The van der Waals surface area contributed by atoms with Gasteiger partial charge in [0.05, 0.1) is 29.3 Å². The predicted molar refractivity (Wildman–Crippen MR) is 121 cm³/mol. The number of fused-ring (bicyclic) bond motifs is 1. The molecule has 0 amide bonds. The number of nitriles is 1. The van der Waals surface area contributed by atoms with Gasteiger partial charge < -0.3 is 14.3 Å². The molecule has 0 fully saturated rings. The normalized spacial score (nSPS) is 11.6. The standard InChI is InChI=1S/C25H21FN4O2/c1-14-5-6-17(25(31)32-4)11-23(14)30-15(2)9-18(16(30)3)10-19(13-27)24-28-21-8-7-20(26)12-22(21)29-24/h5-12H,1-4H3,(H,28,29)/b19-10-. The van der Waals surface area contributed by atoms with Crippen LogP contribution in [0.3, 0.4) is 0 Å². The molecule has 4 aromatic rings. The van der Waals surface area contributed by atoms with Crippen molar-refractivity contribution in [2.45, 2.75) is 20.8 Å². The zero-order chi connectivity index (χ0) is 23.0. The number of hydrogen-bond donors (Lipinski definition) is 1. The highest BCUT2D eigenvalue weighted by Gasteiger charge is 2.16. The van der Waals surface area contributed by atoms with Crippen molar-refractivity contribution >= 4 is 28.7 Å². The summed E-state index contributed by atoms with van der Waals surface area (Å²) in [7, 11) is 1.35. The summed E-state index contributed by atoms with van der Waals surface area (Å²) in [6, 6.07) is 13.8. The van der Waals surface area contributed by atoms with E-state index in [9.17, 15) is 14.4 Å². The number of rotatable bonds is 4. The maximum atomic E-state index is 13.5. The Bertz CT molecular complexity index is 1440. The Morgan fingerprint density at radius 1 is 1.19 bits per heavy atom. The number of nitrogens with one attached hydrogen (secondary N) is 1. The topological polar surface area (TPSA) is 83.7 Å². The third-order valence-electron chi connectivity index (χ3n) is 5.46. The first-order chi connectivity index (χ1) is 15.3. The Kier molecular flexibility index (Phi) is 5.37. The molecule has 0 radical (unpaired) electrons. The molecule has 1 N–H and O–H groups in total. The number of aryl methyl sites for hydroxylation is 2. The fraction of sp³-hybridized carbons (Fsp3) is 0.160. The Hall–Kier alpha value is -4.18. The second-order valence-electron chi connectivity index (χ2n) is 7.57. The molecule has 2 aromatic carbocycles. The van der Waals surface area contributed by atoms with E-state index in [0.717, 1.165) is 28.2 Å². The number of imidazole rings is 1. The first-order valence-electron chi connectivity index (χ1n) is 9.98. The Balaban J connectivity index is 1.81. The van der Waals surface area contributed by atoms with Gasteiger partial charge in [0.15, 0.2) is 0 Å². The van der Waals surface area contributed by atoms with Crippen LogP contribution in [0, 0.1) is 37.9 Å². The lowest BCUT2D eigenvalue weighted by atomic mass is 10.1. The first-order valence-corrected chi connectivity index (χ1v) is 9.98. The zero-order valence-corrected chi connectivity index (χ0v) is 18.2. The highest BCUT2D eigenvalue weighted by molar-refractivity contribution is 5.91. The maximum Gasteiger partial charge on any atom is 0.337 e. The smallest absolute Gasteiger partial charge is 0.337 e. The molecular weight excluding hydrogens is 407 g/mol. The SMILES string of the molecule is COC(=O)c1ccc(C)c(-n2c(C)cc(/C=C(/C#N)c3nc4ccc(F)cc4[nH]3)c2C)c1. The van der Waals surface area contributed by atoms with Crippen LogP contribution in [0.15, 0.2) is 42.5 Å². The van der Waals surface area contributed by atoms with Gasteiger partial charge in [-0.25, -0.2) is 14.2 Å². The summed E-state index contributed by atoms with van der Waals surface area (Å²) in [5.41, 5.74) is 6.46. The molecule has 32 heavy (non-hydrogen) atoms. The van der Waals surface area contributed by atoms with Crippen molar-refractivity contribution in [1.29, 1.82) is 5.26 Å². The molecular formula is C25H21FN4O2. The third-order valence-corrected chi connectivity index (χ3v) is 5.46. The van der Waals surface area contributed by atoms with Crippen LogP contribution in [0.2, 0.25) is 0 Å². The van der Waals surface area contributed by atoms with E-state index in [1.807, 2.05) is 37.5 Å². The maximum absolute atomic E-state index is 13.5. The number of aromatic nitrogens is 3. The largest absolute Gasteiger partial charge is 0.465 e. The molecule has 4 rings (SSSR count). The Morgan fingerprint density at radius 2 is 1.97 bits per heavy atom. The van der Waals surface area contributed by atoms with Gasteiger partial charge in [0.25, 0.3) is 0 Å². The predicted octanol–water partition coefficient (Wildman–Crippen LogP) is 5.27. The Labute approximate surface area is 184 Å². The van der Waals surface area contributed by atoms with Gasteiger partial charge >= 0.3 is 5.97 Å². The van der Waals surface area contributed by atoms with E-state index in [1.54, 1.807) is 24.3 Å². The summed E-state index contributed by atoms with van der Waals surface area (Å²) >= 11 is 0. The van der Waals surface area contributed by atoms with Crippen LogP contribution in [0.4, 0.5) is 4.39 Å². The van der Waals surface area contributed by atoms with Gasteiger partial charge in [-0.1, -0.05) is 6.07 Å². The van der Waals surface area contributed by atoms with Crippen molar-refractivity contribution in [1.82, 2.24) is 14.5 Å². The van der Waals surface area contributed by atoms with E-state index in [1.165, 1.54) is 19.2 Å². The van der Waals surface area contributed by atoms with Crippen LogP contribution >= 0.6 is 0 Å². The lowest BCUT2D eigenvalue weighted by Crippen LogP contribution is -2.06. The van der Waals surface area contributed by atoms with Crippen molar-refractivity contribution in [3.63, 3.8) is 0 Å². The summed E-state index contributed by atoms with van der Waals surface area (Å²) in [5.74, 6) is -0.396. The number of H-pyrrole nitrogens is 1. The number of carbonyl (C=O) groups is 1. The van der Waals surface area contributed by atoms with Crippen LogP contribution in [-0.4, -0.2) is 27.6 Å². The molecule has 0 saturated carbocycles. The van der Waals surface area contributed by atoms with Crippen LogP contribution in [0.1, 0.15) is 38.7 Å². The zero-order valence-electron chi connectivity index (χ0n) is 18.2. The second-order valence-corrected chi connectivity index (χ2v) is 7.57. The summed E-state index contributed by atoms with van der Waals surface area (Å²) in [4.78, 5) is 19.4. The van der Waals surface area contributed by atoms with E-state index >= 15 is 0 Å². The van der Waals surface area contributed by atoms with Crippen LogP contribution < -0.4 is 0 Å². The number of allylic oxidation sites excluding steroid dienone is 1. The first kappa shape index (κ1) is 21.1. The summed E-state index contributed by atoms with van der Waals surface area (Å²) in [6.07, 6.45) is 1.76. The molecule has 2 heterocycles.